The highest BCUT2D eigenvalue weighted by atomic mass is 35.5. The Morgan fingerprint density at radius 2 is 1.77 bits per heavy atom. The van der Waals surface area contributed by atoms with Crippen molar-refractivity contribution in [3.05, 3.63) is 28.8 Å². The molecule has 1 aromatic carbocycles. The highest BCUT2D eigenvalue weighted by Crippen LogP contribution is 2.33. The molecule has 1 rings (SSSR count). The smallest absolute Gasteiger partial charge is 0.123 e. The zero-order valence-electron chi connectivity index (χ0n) is 14.5. The summed E-state index contributed by atoms with van der Waals surface area (Å²) in [5.41, 5.74) is 1.21. The Bertz CT molecular complexity index is 430. The van der Waals surface area contributed by atoms with Gasteiger partial charge in [0.1, 0.15) is 5.75 Å². The van der Waals surface area contributed by atoms with Gasteiger partial charge in [0.25, 0.3) is 0 Å². The van der Waals surface area contributed by atoms with Crippen molar-refractivity contribution in [1.29, 1.82) is 0 Å². The van der Waals surface area contributed by atoms with Crippen molar-refractivity contribution in [3.63, 3.8) is 0 Å². The van der Waals surface area contributed by atoms with Crippen molar-refractivity contribution in [3.8, 4) is 5.75 Å². The van der Waals surface area contributed by atoms with E-state index in [-0.39, 0.29) is 5.41 Å². The van der Waals surface area contributed by atoms with Crippen LogP contribution in [0.3, 0.4) is 0 Å². The number of methoxy groups -OCH3 is 1. The van der Waals surface area contributed by atoms with Gasteiger partial charge in [-0.05, 0) is 36.5 Å². The van der Waals surface area contributed by atoms with Gasteiger partial charge in [-0.1, -0.05) is 32.4 Å². The largest absolute Gasteiger partial charge is 0.493 e. The van der Waals surface area contributed by atoms with E-state index in [1.54, 1.807) is 7.11 Å². The van der Waals surface area contributed by atoms with Gasteiger partial charge >= 0.3 is 0 Å². The summed E-state index contributed by atoms with van der Waals surface area (Å²) < 4.78 is 11.0. The molecule has 2 N–H and O–H groups in total. The summed E-state index contributed by atoms with van der Waals surface area (Å²) in [4.78, 5) is 0. The van der Waals surface area contributed by atoms with Crippen LogP contribution in [0, 0.1) is 0 Å². The third-order valence-electron chi connectivity index (χ3n) is 3.57. The number of unbranched alkanes of at least 4 members (excludes halogenated alkanes) is 1. The van der Waals surface area contributed by atoms with Gasteiger partial charge in [-0.15, -0.1) is 0 Å². The molecule has 0 atom stereocenters. The zero-order chi connectivity index (χ0) is 16.4. The molecule has 0 saturated carbocycles. The average Bonchev–Trinajstić information content (AvgIpc) is 2.46. The summed E-state index contributed by atoms with van der Waals surface area (Å²) in [5.74, 6) is 0.959. The Morgan fingerprint density at radius 1 is 1.05 bits per heavy atom. The lowest BCUT2D eigenvalue weighted by molar-refractivity contribution is -0.655. The van der Waals surface area contributed by atoms with Gasteiger partial charge in [0.05, 0.1) is 26.3 Å². The van der Waals surface area contributed by atoms with Gasteiger partial charge < -0.3 is 14.8 Å². The third kappa shape index (κ3) is 7.48. The number of rotatable bonds is 10. The van der Waals surface area contributed by atoms with E-state index in [0.717, 1.165) is 49.9 Å². The molecule has 0 fully saturated rings. The summed E-state index contributed by atoms with van der Waals surface area (Å²) in [6.07, 6.45) is 3.37. The van der Waals surface area contributed by atoms with Crippen LogP contribution in [-0.4, -0.2) is 33.4 Å². The maximum absolute atomic E-state index is 6.11. The second-order valence-corrected chi connectivity index (χ2v) is 7.09. The van der Waals surface area contributed by atoms with Gasteiger partial charge in [-0.25, -0.2) is 0 Å². The number of hydrogen-bond donors (Lipinski definition) is 1. The highest BCUT2D eigenvalue weighted by Gasteiger charge is 2.19. The fraction of sp³-hybridized carbons (Fsp3) is 0.667. The molecule has 1 aromatic rings. The van der Waals surface area contributed by atoms with Crippen LogP contribution in [0.4, 0.5) is 0 Å². The minimum atomic E-state index is 0.0371. The Morgan fingerprint density at radius 3 is 2.45 bits per heavy atom. The van der Waals surface area contributed by atoms with Crippen molar-refractivity contribution < 1.29 is 14.8 Å². The van der Waals surface area contributed by atoms with Crippen molar-refractivity contribution >= 4 is 11.6 Å². The summed E-state index contributed by atoms with van der Waals surface area (Å²) in [5, 5.41) is 3.12. The molecule has 0 amide bonds. The molecular formula is C18H31ClNO2+. The Hall–Kier alpha value is -0.770. The Balaban J connectivity index is 2.28. The Kier molecular flexibility index (Phi) is 8.84. The maximum Gasteiger partial charge on any atom is 0.123 e. The maximum atomic E-state index is 6.11. The standard InChI is InChI=1S/C18H30ClNO2/c1-18(2,3)16-14-15(19)8-9-17(16)22-13-6-5-10-20-11-7-12-21-4/h8-9,14,20H,5-7,10-13H2,1-4H3/p+1. The molecule has 126 valence electrons. The molecule has 0 aliphatic carbocycles. The van der Waals surface area contributed by atoms with Gasteiger partial charge in [-0.2, -0.15) is 0 Å². The van der Waals surface area contributed by atoms with Crippen molar-refractivity contribution in [1.82, 2.24) is 0 Å². The number of nitrogens with two attached hydrogens (primary N) is 1. The first kappa shape index (κ1) is 19.3. The molecule has 0 aliphatic heterocycles. The van der Waals surface area contributed by atoms with E-state index < -0.39 is 0 Å². The molecule has 0 aromatic heterocycles. The fourth-order valence-electron chi connectivity index (χ4n) is 2.30. The molecule has 0 heterocycles. The summed E-state index contributed by atoms with van der Waals surface area (Å²) in [7, 11) is 1.75. The number of halogens is 1. The van der Waals surface area contributed by atoms with E-state index in [9.17, 15) is 0 Å². The van der Waals surface area contributed by atoms with Gasteiger partial charge in [0, 0.05) is 24.1 Å². The molecule has 3 nitrogen and oxygen atoms in total. The van der Waals surface area contributed by atoms with E-state index in [0.29, 0.717) is 0 Å². The molecule has 0 radical (unpaired) electrons. The van der Waals surface area contributed by atoms with E-state index >= 15 is 0 Å². The molecule has 22 heavy (non-hydrogen) atoms. The normalized spacial score (nSPS) is 11.7. The van der Waals surface area contributed by atoms with Crippen LogP contribution >= 0.6 is 11.6 Å². The van der Waals surface area contributed by atoms with Crippen LogP contribution in [0.2, 0.25) is 5.02 Å². The quantitative estimate of drug-likeness (QED) is 0.668. The number of benzene rings is 1. The van der Waals surface area contributed by atoms with Crippen molar-refractivity contribution in [2.24, 2.45) is 0 Å². The topological polar surface area (TPSA) is 35.1 Å². The van der Waals surface area contributed by atoms with Crippen LogP contribution in [0.5, 0.6) is 5.75 Å². The third-order valence-corrected chi connectivity index (χ3v) is 3.80. The first-order chi connectivity index (χ1) is 10.4. The van der Waals surface area contributed by atoms with Crippen LogP contribution in [0.1, 0.15) is 45.6 Å². The van der Waals surface area contributed by atoms with E-state index in [1.165, 1.54) is 12.0 Å². The first-order valence-corrected chi connectivity index (χ1v) is 8.56. The highest BCUT2D eigenvalue weighted by molar-refractivity contribution is 6.30. The molecule has 0 spiro atoms. The fourth-order valence-corrected chi connectivity index (χ4v) is 2.48. The predicted octanol–water partition coefficient (Wildman–Crippen LogP) is 3.40. The van der Waals surface area contributed by atoms with Crippen molar-refractivity contribution in [2.75, 3.05) is 33.4 Å². The monoisotopic (exact) mass is 328 g/mol. The SMILES string of the molecule is COCCC[NH2+]CCCCOc1ccc(Cl)cc1C(C)(C)C. The zero-order valence-corrected chi connectivity index (χ0v) is 15.2. The average molecular weight is 329 g/mol. The molecular weight excluding hydrogens is 298 g/mol. The summed E-state index contributed by atoms with van der Waals surface area (Å²) in [6, 6.07) is 5.90. The number of hydrogen-bond acceptors (Lipinski definition) is 2. The van der Waals surface area contributed by atoms with E-state index in [4.69, 9.17) is 21.1 Å². The van der Waals surface area contributed by atoms with E-state index in [2.05, 4.69) is 26.1 Å². The summed E-state index contributed by atoms with van der Waals surface area (Å²) >= 11 is 6.11. The lowest BCUT2D eigenvalue weighted by Crippen LogP contribution is -2.84. The second-order valence-electron chi connectivity index (χ2n) is 6.66. The molecule has 0 bridgehead atoms. The van der Waals surface area contributed by atoms with Crippen LogP contribution in [-0.2, 0) is 10.2 Å². The lowest BCUT2D eigenvalue weighted by Gasteiger charge is -2.23. The first-order valence-electron chi connectivity index (χ1n) is 8.18. The van der Waals surface area contributed by atoms with Crippen LogP contribution < -0.4 is 10.1 Å². The van der Waals surface area contributed by atoms with Gasteiger partial charge in [-0.3, -0.25) is 0 Å². The summed E-state index contributed by atoms with van der Waals surface area (Å²) in [6.45, 7) is 10.4. The number of ether oxygens (including phenoxy) is 2. The minimum Gasteiger partial charge on any atom is -0.493 e. The lowest BCUT2D eigenvalue weighted by atomic mass is 9.86. The van der Waals surface area contributed by atoms with E-state index in [1.807, 2.05) is 18.2 Å². The van der Waals surface area contributed by atoms with Crippen LogP contribution in [0.15, 0.2) is 18.2 Å². The second kappa shape index (κ2) is 10.1. The van der Waals surface area contributed by atoms with Crippen molar-refractivity contribution in [2.45, 2.75) is 45.4 Å². The number of quaternary nitrogens is 1. The predicted molar refractivity (Wildman–Crippen MR) is 93.0 cm³/mol. The molecule has 0 unspecified atom stereocenters. The Labute approximate surface area is 140 Å². The van der Waals surface area contributed by atoms with Gasteiger partial charge in [0.2, 0.25) is 0 Å². The van der Waals surface area contributed by atoms with Gasteiger partial charge in [0.15, 0.2) is 0 Å². The molecule has 0 saturated heterocycles. The van der Waals surface area contributed by atoms with Crippen LogP contribution in [0.25, 0.3) is 0 Å². The minimum absolute atomic E-state index is 0.0371. The molecule has 0 aliphatic rings. The molecule has 4 heteroatoms.